The van der Waals surface area contributed by atoms with Crippen molar-refractivity contribution < 1.29 is 4.79 Å². The van der Waals surface area contributed by atoms with Crippen molar-refractivity contribution in [1.29, 1.82) is 0 Å². The molecule has 0 aliphatic heterocycles. The van der Waals surface area contributed by atoms with Crippen LogP contribution in [0.5, 0.6) is 0 Å². The first-order chi connectivity index (χ1) is 6.99. The molecule has 1 N–H and O–H groups in total. The third-order valence-corrected chi connectivity index (χ3v) is 3.08. The molecule has 0 atom stereocenters. The zero-order valence-electron chi connectivity index (χ0n) is 9.17. The number of anilines is 1. The van der Waals surface area contributed by atoms with E-state index in [0.717, 1.165) is 9.26 Å². The van der Waals surface area contributed by atoms with E-state index in [1.165, 1.54) is 5.56 Å². The summed E-state index contributed by atoms with van der Waals surface area (Å²) in [5.41, 5.74) is 2.08. The lowest BCUT2D eigenvalue weighted by molar-refractivity contribution is -0.116. The molecule has 0 aromatic heterocycles. The number of hydrogen-bond donors (Lipinski definition) is 1. The van der Waals surface area contributed by atoms with E-state index in [4.69, 9.17) is 0 Å². The van der Waals surface area contributed by atoms with Gasteiger partial charge >= 0.3 is 0 Å². The van der Waals surface area contributed by atoms with Crippen molar-refractivity contribution in [2.45, 2.75) is 6.92 Å². The molecule has 0 aliphatic carbocycles. The predicted octanol–water partition coefficient (Wildman–Crippen LogP) is 2.10. The highest BCUT2D eigenvalue weighted by Gasteiger charge is 2.04. The summed E-state index contributed by atoms with van der Waals surface area (Å²) in [4.78, 5) is 13.3. The SMILES string of the molecule is Cc1ccc(NC(=O)CN(C)C)cc1I. The maximum absolute atomic E-state index is 11.5. The molecule has 0 fully saturated rings. The van der Waals surface area contributed by atoms with Crippen molar-refractivity contribution in [2.75, 3.05) is 26.0 Å². The van der Waals surface area contributed by atoms with Crippen LogP contribution in [0.2, 0.25) is 0 Å². The van der Waals surface area contributed by atoms with E-state index in [1.807, 2.05) is 44.1 Å². The van der Waals surface area contributed by atoms with Crippen LogP contribution in [0.4, 0.5) is 5.69 Å². The van der Waals surface area contributed by atoms with Crippen LogP contribution in [-0.2, 0) is 4.79 Å². The van der Waals surface area contributed by atoms with Gasteiger partial charge in [-0.15, -0.1) is 0 Å². The summed E-state index contributed by atoms with van der Waals surface area (Å²) in [5.74, 6) is 0.0136. The second-order valence-corrected chi connectivity index (χ2v) is 4.91. The Morgan fingerprint density at radius 3 is 2.67 bits per heavy atom. The van der Waals surface area contributed by atoms with E-state index in [9.17, 15) is 4.79 Å². The standard InChI is InChI=1S/C11H15IN2O/c1-8-4-5-9(6-10(8)12)13-11(15)7-14(2)3/h4-6H,7H2,1-3H3,(H,13,15). The van der Waals surface area contributed by atoms with E-state index in [2.05, 4.69) is 27.9 Å². The van der Waals surface area contributed by atoms with Crippen LogP contribution in [0, 0.1) is 10.5 Å². The Morgan fingerprint density at radius 1 is 1.47 bits per heavy atom. The number of likely N-dealkylation sites (N-methyl/N-ethyl adjacent to an activating group) is 1. The number of aryl methyl sites for hydroxylation is 1. The molecule has 3 nitrogen and oxygen atoms in total. The van der Waals surface area contributed by atoms with Gasteiger partial charge in [0.1, 0.15) is 0 Å². The number of nitrogens with zero attached hydrogens (tertiary/aromatic N) is 1. The van der Waals surface area contributed by atoms with Crippen molar-refractivity contribution in [3.8, 4) is 0 Å². The Hall–Kier alpha value is -0.620. The van der Waals surface area contributed by atoms with Crippen molar-refractivity contribution >= 4 is 34.2 Å². The van der Waals surface area contributed by atoms with Gasteiger partial charge in [0.25, 0.3) is 0 Å². The molecule has 0 spiro atoms. The van der Waals surface area contributed by atoms with Gasteiger partial charge in [-0.05, 0) is 61.3 Å². The topological polar surface area (TPSA) is 32.3 Å². The van der Waals surface area contributed by atoms with E-state index in [-0.39, 0.29) is 5.91 Å². The van der Waals surface area contributed by atoms with E-state index in [1.54, 1.807) is 0 Å². The summed E-state index contributed by atoms with van der Waals surface area (Å²) in [5, 5.41) is 2.86. The third-order valence-electron chi connectivity index (χ3n) is 1.92. The number of benzene rings is 1. The molecule has 0 saturated heterocycles. The largest absolute Gasteiger partial charge is 0.325 e. The number of halogens is 1. The predicted molar refractivity (Wildman–Crippen MR) is 71.1 cm³/mol. The number of nitrogens with one attached hydrogen (secondary N) is 1. The zero-order chi connectivity index (χ0) is 11.4. The average molecular weight is 318 g/mol. The fraction of sp³-hybridized carbons (Fsp3) is 0.364. The lowest BCUT2D eigenvalue weighted by Gasteiger charge is -2.10. The monoisotopic (exact) mass is 318 g/mol. The minimum absolute atomic E-state index is 0.0136. The van der Waals surface area contributed by atoms with Gasteiger partial charge in [0.2, 0.25) is 5.91 Å². The molecular weight excluding hydrogens is 303 g/mol. The van der Waals surface area contributed by atoms with Crippen LogP contribution in [-0.4, -0.2) is 31.4 Å². The molecule has 1 rings (SSSR count). The Kier molecular flexibility index (Phi) is 4.53. The summed E-state index contributed by atoms with van der Waals surface area (Å²) < 4.78 is 1.16. The van der Waals surface area contributed by atoms with Crippen molar-refractivity contribution in [1.82, 2.24) is 4.90 Å². The first kappa shape index (κ1) is 12.4. The van der Waals surface area contributed by atoms with Crippen LogP contribution in [0.3, 0.4) is 0 Å². The van der Waals surface area contributed by atoms with E-state index >= 15 is 0 Å². The molecule has 0 aliphatic rings. The van der Waals surface area contributed by atoms with E-state index in [0.29, 0.717) is 6.54 Å². The normalized spacial score (nSPS) is 10.5. The first-order valence-corrected chi connectivity index (χ1v) is 5.77. The summed E-state index contributed by atoms with van der Waals surface area (Å²) in [6.45, 7) is 2.46. The van der Waals surface area contributed by atoms with Crippen molar-refractivity contribution in [2.24, 2.45) is 0 Å². The smallest absolute Gasteiger partial charge is 0.238 e. The van der Waals surface area contributed by atoms with Gasteiger partial charge in [0.15, 0.2) is 0 Å². The number of rotatable bonds is 3. The lowest BCUT2D eigenvalue weighted by atomic mass is 10.2. The van der Waals surface area contributed by atoms with Crippen molar-refractivity contribution in [3.63, 3.8) is 0 Å². The molecule has 15 heavy (non-hydrogen) atoms. The Balaban J connectivity index is 2.65. The summed E-state index contributed by atoms with van der Waals surface area (Å²) in [7, 11) is 3.75. The van der Waals surface area contributed by atoms with Crippen molar-refractivity contribution in [3.05, 3.63) is 27.3 Å². The molecule has 0 unspecified atom stereocenters. The van der Waals surface area contributed by atoms with Crippen LogP contribution in [0.25, 0.3) is 0 Å². The average Bonchev–Trinajstić information content (AvgIpc) is 2.10. The Bertz CT molecular complexity index is 364. The van der Waals surface area contributed by atoms with Crippen LogP contribution >= 0.6 is 22.6 Å². The molecule has 0 bridgehead atoms. The quantitative estimate of drug-likeness (QED) is 0.866. The Morgan fingerprint density at radius 2 is 2.13 bits per heavy atom. The van der Waals surface area contributed by atoms with Gasteiger partial charge < -0.3 is 10.2 Å². The highest BCUT2D eigenvalue weighted by Crippen LogP contribution is 2.16. The molecule has 0 saturated carbocycles. The molecule has 82 valence electrons. The number of amides is 1. The van der Waals surface area contributed by atoms with Gasteiger partial charge in [0.05, 0.1) is 6.54 Å². The number of hydrogen-bond acceptors (Lipinski definition) is 2. The van der Waals surface area contributed by atoms with Gasteiger partial charge in [-0.3, -0.25) is 4.79 Å². The fourth-order valence-corrected chi connectivity index (χ4v) is 1.67. The van der Waals surface area contributed by atoms with Crippen LogP contribution in [0.15, 0.2) is 18.2 Å². The van der Waals surface area contributed by atoms with Gasteiger partial charge in [-0.1, -0.05) is 6.07 Å². The molecular formula is C11H15IN2O. The van der Waals surface area contributed by atoms with Gasteiger partial charge in [-0.2, -0.15) is 0 Å². The second-order valence-electron chi connectivity index (χ2n) is 3.75. The summed E-state index contributed by atoms with van der Waals surface area (Å²) in [6.07, 6.45) is 0. The maximum Gasteiger partial charge on any atom is 0.238 e. The summed E-state index contributed by atoms with van der Waals surface area (Å²) >= 11 is 2.26. The molecule has 4 heteroatoms. The molecule has 0 heterocycles. The third kappa shape index (κ3) is 4.17. The molecule has 1 amide bonds. The van der Waals surface area contributed by atoms with Crippen LogP contribution < -0.4 is 5.32 Å². The first-order valence-electron chi connectivity index (χ1n) is 4.70. The van der Waals surface area contributed by atoms with Gasteiger partial charge in [-0.25, -0.2) is 0 Å². The minimum Gasteiger partial charge on any atom is -0.325 e. The Labute approximate surface area is 104 Å². The second kappa shape index (κ2) is 5.46. The highest BCUT2D eigenvalue weighted by molar-refractivity contribution is 14.1. The fourth-order valence-electron chi connectivity index (χ4n) is 1.16. The molecule has 1 aromatic rings. The maximum atomic E-state index is 11.5. The highest BCUT2D eigenvalue weighted by atomic mass is 127. The minimum atomic E-state index is 0.0136. The zero-order valence-corrected chi connectivity index (χ0v) is 11.3. The van der Waals surface area contributed by atoms with Gasteiger partial charge in [0, 0.05) is 9.26 Å². The molecule has 0 radical (unpaired) electrons. The molecule has 1 aromatic carbocycles. The number of carbonyl (C=O) groups is 1. The number of carbonyl (C=O) groups excluding carboxylic acids is 1. The van der Waals surface area contributed by atoms with Crippen LogP contribution in [0.1, 0.15) is 5.56 Å². The van der Waals surface area contributed by atoms with E-state index < -0.39 is 0 Å². The lowest BCUT2D eigenvalue weighted by Crippen LogP contribution is -2.27. The summed E-state index contributed by atoms with van der Waals surface area (Å²) in [6, 6.07) is 5.90.